The summed E-state index contributed by atoms with van der Waals surface area (Å²) in [6.07, 6.45) is 3.16. The summed E-state index contributed by atoms with van der Waals surface area (Å²) >= 11 is 0. The molecule has 4 aromatic heterocycles. The fourth-order valence-corrected chi connectivity index (χ4v) is 3.24. The zero-order chi connectivity index (χ0) is 18.5. The topological polar surface area (TPSA) is 82.4 Å². The van der Waals surface area contributed by atoms with E-state index in [1.165, 1.54) is 21.4 Å². The number of para-hydroxylation sites is 1. The van der Waals surface area contributed by atoms with Crippen molar-refractivity contribution in [3.63, 3.8) is 0 Å². The first-order valence-corrected chi connectivity index (χ1v) is 8.46. The molecule has 0 aliphatic rings. The standard InChI is InChI=1S/C20H14N4O3/c1-12-6-7-24-16(8-12)22-13(9-17(24)25)10-23-11-21-18-14-4-2-3-5-15(14)27-19(18)20(23)26/h2-9,11H,10H2,1H3. The van der Waals surface area contributed by atoms with E-state index in [0.717, 1.165) is 10.9 Å². The molecule has 7 nitrogen and oxygen atoms in total. The Labute approximate surface area is 152 Å². The molecule has 5 rings (SSSR count). The van der Waals surface area contributed by atoms with E-state index >= 15 is 0 Å². The number of hydrogen-bond acceptors (Lipinski definition) is 5. The van der Waals surface area contributed by atoms with Crippen molar-refractivity contribution in [2.24, 2.45) is 0 Å². The highest BCUT2D eigenvalue weighted by molar-refractivity contribution is 6.01. The van der Waals surface area contributed by atoms with Crippen LogP contribution in [0, 0.1) is 6.92 Å². The van der Waals surface area contributed by atoms with Crippen LogP contribution >= 0.6 is 0 Å². The van der Waals surface area contributed by atoms with Gasteiger partial charge in [-0.2, -0.15) is 0 Å². The molecule has 0 saturated carbocycles. The smallest absolute Gasteiger partial charge is 0.297 e. The molecular formula is C20H14N4O3. The van der Waals surface area contributed by atoms with Crippen LogP contribution in [-0.4, -0.2) is 18.9 Å². The number of fused-ring (bicyclic) bond motifs is 4. The van der Waals surface area contributed by atoms with E-state index in [1.54, 1.807) is 12.3 Å². The van der Waals surface area contributed by atoms with Crippen LogP contribution in [0.1, 0.15) is 11.3 Å². The molecule has 0 unspecified atom stereocenters. The summed E-state index contributed by atoms with van der Waals surface area (Å²) in [5.41, 5.74) is 2.89. The first kappa shape index (κ1) is 15.5. The second-order valence-corrected chi connectivity index (χ2v) is 6.47. The second-order valence-electron chi connectivity index (χ2n) is 6.47. The predicted molar refractivity (Wildman–Crippen MR) is 101 cm³/mol. The minimum atomic E-state index is -0.303. The quantitative estimate of drug-likeness (QED) is 0.484. The van der Waals surface area contributed by atoms with Crippen LogP contribution in [0.2, 0.25) is 0 Å². The molecule has 7 heteroatoms. The van der Waals surface area contributed by atoms with Gasteiger partial charge in [-0.05, 0) is 36.8 Å². The molecule has 0 aliphatic carbocycles. The van der Waals surface area contributed by atoms with Crippen LogP contribution in [0.25, 0.3) is 27.7 Å². The summed E-state index contributed by atoms with van der Waals surface area (Å²) < 4.78 is 8.56. The fraction of sp³-hybridized carbons (Fsp3) is 0.100. The lowest BCUT2D eigenvalue weighted by Gasteiger charge is -2.06. The van der Waals surface area contributed by atoms with Crippen LogP contribution in [0.15, 0.2) is 69.0 Å². The third kappa shape index (κ3) is 2.43. The van der Waals surface area contributed by atoms with Crippen molar-refractivity contribution in [2.45, 2.75) is 13.5 Å². The number of pyridine rings is 1. The van der Waals surface area contributed by atoms with Gasteiger partial charge in [-0.25, -0.2) is 9.97 Å². The van der Waals surface area contributed by atoms with Crippen molar-refractivity contribution in [1.82, 2.24) is 18.9 Å². The van der Waals surface area contributed by atoms with Crippen LogP contribution < -0.4 is 11.1 Å². The SMILES string of the molecule is Cc1ccn2c(=O)cc(Cn3cnc4c(oc5ccccc54)c3=O)nc2c1. The minimum absolute atomic E-state index is 0.137. The van der Waals surface area contributed by atoms with Crippen molar-refractivity contribution in [3.8, 4) is 0 Å². The molecule has 0 amide bonds. The molecule has 0 radical (unpaired) electrons. The molecule has 4 heterocycles. The zero-order valence-electron chi connectivity index (χ0n) is 14.4. The van der Waals surface area contributed by atoms with Crippen LogP contribution in [-0.2, 0) is 6.54 Å². The fourth-order valence-electron chi connectivity index (χ4n) is 3.24. The highest BCUT2D eigenvalue weighted by Crippen LogP contribution is 2.24. The van der Waals surface area contributed by atoms with Crippen LogP contribution in [0.5, 0.6) is 0 Å². The molecule has 0 atom stereocenters. The van der Waals surface area contributed by atoms with Crippen molar-refractivity contribution >= 4 is 27.7 Å². The Morgan fingerprint density at radius 3 is 2.85 bits per heavy atom. The van der Waals surface area contributed by atoms with Crippen LogP contribution in [0.3, 0.4) is 0 Å². The maximum absolute atomic E-state index is 12.8. The summed E-state index contributed by atoms with van der Waals surface area (Å²) in [7, 11) is 0. The van der Waals surface area contributed by atoms with E-state index in [1.807, 2.05) is 37.3 Å². The van der Waals surface area contributed by atoms with Gasteiger partial charge in [0.2, 0.25) is 5.58 Å². The van der Waals surface area contributed by atoms with Crippen molar-refractivity contribution in [1.29, 1.82) is 0 Å². The Hall–Kier alpha value is -3.74. The van der Waals surface area contributed by atoms with Gasteiger partial charge in [0.15, 0.2) is 0 Å². The number of furan rings is 1. The Morgan fingerprint density at radius 1 is 1.11 bits per heavy atom. The molecule has 0 bridgehead atoms. The zero-order valence-corrected chi connectivity index (χ0v) is 14.4. The first-order chi connectivity index (χ1) is 13.1. The van der Waals surface area contributed by atoms with Gasteiger partial charge in [0.05, 0.1) is 18.6 Å². The number of benzene rings is 1. The Morgan fingerprint density at radius 2 is 1.96 bits per heavy atom. The Balaban J connectivity index is 1.65. The maximum atomic E-state index is 12.8. The third-order valence-electron chi connectivity index (χ3n) is 4.56. The molecule has 0 N–H and O–H groups in total. The van der Waals surface area contributed by atoms with Gasteiger partial charge < -0.3 is 4.42 Å². The first-order valence-electron chi connectivity index (χ1n) is 8.46. The normalized spacial score (nSPS) is 11.6. The third-order valence-corrected chi connectivity index (χ3v) is 4.56. The predicted octanol–water partition coefficient (Wildman–Crippen LogP) is 2.51. The monoisotopic (exact) mass is 358 g/mol. The van der Waals surface area contributed by atoms with Gasteiger partial charge in [-0.15, -0.1) is 0 Å². The number of nitrogens with zero attached hydrogens (tertiary/aromatic N) is 4. The molecule has 0 fully saturated rings. The van der Waals surface area contributed by atoms with E-state index < -0.39 is 0 Å². The van der Waals surface area contributed by atoms with Gasteiger partial charge in [0, 0.05) is 17.6 Å². The Bertz CT molecular complexity index is 1460. The molecule has 1 aromatic carbocycles. The maximum Gasteiger partial charge on any atom is 0.297 e. The van der Waals surface area contributed by atoms with Gasteiger partial charge >= 0.3 is 0 Å². The molecule has 0 saturated heterocycles. The molecular weight excluding hydrogens is 344 g/mol. The summed E-state index contributed by atoms with van der Waals surface area (Å²) in [5, 5.41) is 0.800. The molecule has 132 valence electrons. The van der Waals surface area contributed by atoms with Crippen molar-refractivity contribution in [3.05, 3.63) is 87.0 Å². The average Bonchev–Trinajstić information content (AvgIpc) is 3.03. The number of hydrogen-bond donors (Lipinski definition) is 0. The minimum Gasteiger partial charge on any atom is -0.448 e. The molecule has 0 aliphatic heterocycles. The number of aryl methyl sites for hydroxylation is 1. The summed E-state index contributed by atoms with van der Waals surface area (Å²) in [6.45, 7) is 2.07. The Kier molecular flexibility index (Phi) is 3.24. The molecule has 0 spiro atoms. The van der Waals surface area contributed by atoms with Gasteiger partial charge in [0.1, 0.15) is 16.7 Å². The highest BCUT2D eigenvalue weighted by Gasteiger charge is 2.14. The van der Waals surface area contributed by atoms with Gasteiger partial charge in [0.25, 0.3) is 11.1 Å². The van der Waals surface area contributed by atoms with E-state index in [0.29, 0.717) is 22.4 Å². The molecule has 5 aromatic rings. The average molecular weight is 358 g/mol. The van der Waals surface area contributed by atoms with Crippen molar-refractivity contribution in [2.75, 3.05) is 0 Å². The summed E-state index contributed by atoms with van der Waals surface area (Å²) in [4.78, 5) is 34.0. The van der Waals surface area contributed by atoms with Gasteiger partial charge in [-0.3, -0.25) is 18.6 Å². The van der Waals surface area contributed by atoms with E-state index in [4.69, 9.17) is 4.42 Å². The van der Waals surface area contributed by atoms with E-state index in [-0.39, 0.29) is 23.2 Å². The van der Waals surface area contributed by atoms with E-state index in [9.17, 15) is 9.59 Å². The number of rotatable bonds is 2. The van der Waals surface area contributed by atoms with Crippen LogP contribution in [0.4, 0.5) is 0 Å². The number of aromatic nitrogens is 4. The lowest BCUT2D eigenvalue weighted by molar-refractivity contribution is 0.640. The molecule has 27 heavy (non-hydrogen) atoms. The summed E-state index contributed by atoms with van der Waals surface area (Å²) in [6, 6.07) is 12.5. The highest BCUT2D eigenvalue weighted by atomic mass is 16.3. The van der Waals surface area contributed by atoms with Crippen molar-refractivity contribution < 1.29 is 4.42 Å². The lowest BCUT2D eigenvalue weighted by atomic mass is 10.2. The summed E-state index contributed by atoms with van der Waals surface area (Å²) in [5.74, 6) is 0. The lowest BCUT2D eigenvalue weighted by Crippen LogP contribution is -2.23. The largest absolute Gasteiger partial charge is 0.448 e. The van der Waals surface area contributed by atoms with E-state index in [2.05, 4.69) is 9.97 Å². The van der Waals surface area contributed by atoms with Gasteiger partial charge in [-0.1, -0.05) is 12.1 Å². The second kappa shape index (κ2) is 5.63.